The van der Waals surface area contributed by atoms with Gasteiger partial charge in [-0.15, -0.1) is 0 Å². The highest BCUT2D eigenvalue weighted by molar-refractivity contribution is 5.93. The van der Waals surface area contributed by atoms with Gasteiger partial charge in [-0.3, -0.25) is 4.79 Å². The Hall–Kier alpha value is -1.29. The van der Waals surface area contributed by atoms with Gasteiger partial charge in [-0.2, -0.15) is 0 Å². The fourth-order valence-corrected chi connectivity index (χ4v) is 4.46. The molecule has 1 aromatic rings. The molecule has 1 saturated heterocycles. The van der Waals surface area contributed by atoms with Crippen molar-refractivity contribution in [1.29, 1.82) is 0 Å². The smallest absolute Gasteiger partial charge is 0.270 e. The Kier molecular flexibility index (Phi) is 3.52. The van der Waals surface area contributed by atoms with Gasteiger partial charge in [0, 0.05) is 18.8 Å². The lowest BCUT2D eigenvalue weighted by molar-refractivity contribution is -0.176. The van der Waals surface area contributed by atoms with Crippen LogP contribution in [-0.2, 0) is 4.74 Å². The summed E-state index contributed by atoms with van der Waals surface area (Å²) in [7, 11) is 0. The minimum atomic E-state index is -0.0435. The maximum atomic E-state index is 13.1. The Labute approximate surface area is 132 Å². The Balaban J connectivity index is 1.55. The molecule has 1 aliphatic heterocycles. The maximum absolute atomic E-state index is 13.1. The first-order chi connectivity index (χ1) is 10.7. The molecule has 0 bridgehead atoms. The van der Waals surface area contributed by atoms with Crippen LogP contribution < -0.4 is 0 Å². The highest BCUT2D eigenvalue weighted by Gasteiger charge is 2.45. The lowest BCUT2D eigenvalue weighted by atomic mass is 9.78. The van der Waals surface area contributed by atoms with Crippen molar-refractivity contribution in [2.45, 2.75) is 69.6 Å². The molecule has 2 saturated carbocycles. The van der Waals surface area contributed by atoms with Crippen molar-refractivity contribution in [2.75, 3.05) is 13.1 Å². The Morgan fingerprint density at radius 3 is 2.73 bits per heavy atom. The molecule has 0 unspecified atom stereocenters. The first kappa shape index (κ1) is 14.3. The van der Waals surface area contributed by atoms with E-state index in [4.69, 9.17) is 4.74 Å². The van der Waals surface area contributed by atoms with Crippen molar-refractivity contribution in [3.8, 4) is 0 Å². The second-order valence-corrected chi connectivity index (χ2v) is 7.39. The fourth-order valence-electron chi connectivity index (χ4n) is 4.46. The third kappa shape index (κ3) is 2.37. The summed E-state index contributed by atoms with van der Waals surface area (Å²) in [5, 5.41) is 0. The number of carbonyl (C=O) groups excluding carboxylic acids is 1. The van der Waals surface area contributed by atoms with Crippen LogP contribution in [0.5, 0.6) is 0 Å². The average molecular weight is 302 g/mol. The molecule has 0 N–H and O–H groups in total. The van der Waals surface area contributed by atoms with E-state index in [-0.39, 0.29) is 17.6 Å². The highest BCUT2D eigenvalue weighted by Crippen LogP contribution is 2.40. The van der Waals surface area contributed by atoms with E-state index in [2.05, 4.69) is 17.7 Å². The second-order valence-electron chi connectivity index (χ2n) is 7.39. The van der Waals surface area contributed by atoms with Gasteiger partial charge in [0.05, 0.1) is 18.2 Å². The van der Waals surface area contributed by atoms with Crippen LogP contribution in [0.3, 0.4) is 0 Å². The molecule has 4 rings (SSSR count). The number of hydrogen-bond acceptors (Lipinski definition) is 2. The number of ether oxygens (including phenoxy) is 1. The number of carbonyl (C=O) groups is 1. The third-order valence-electron chi connectivity index (χ3n) is 5.68. The molecule has 4 nitrogen and oxygen atoms in total. The van der Waals surface area contributed by atoms with Crippen LogP contribution in [0.25, 0.3) is 0 Å². The number of aromatic nitrogens is 1. The van der Waals surface area contributed by atoms with Crippen molar-refractivity contribution in [3.63, 3.8) is 0 Å². The summed E-state index contributed by atoms with van der Waals surface area (Å²) in [5.41, 5.74) is 0.827. The fraction of sp³-hybridized carbons (Fsp3) is 0.722. The van der Waals surface area contributed by atoms with Crippen LogP contribution in [0.2, 0.25) is 0 Å². The van der Waals surface area contributed by atoms with Crippen LogP contribution in [0.4, 0.5) is 0 Å². The van der Waals surface area contributed by atoms with Crippen molar-refractivity contribution < 1.29 is 9.53 Å². The third-order valence-corrected chi connectivity index (χ3v) is 5.68. The predicted molar refractivity (Wildman–Crippen MR) is 85.0 cm³/mol. The molecular formula is C18H26N2O2. The SMILES string of the molecule is C[C@H]1CN(C(=O)c2cccn2C2CCCC2)CC2(CCC2)O1. The predicted octanol–water partition coefficient (Wildman–Crippen LogP) is 3.39. The van der Waals surface area contributed by atoms with E-state index in [1.54, 1.807) is 0 Å². The number of nitrogens with zero attached hydrogens (tertiary/aromatic N) is 2. The monoisotopic (exact) mass is 302 g/mol. The Morgan fingerprint density at radius 2 is 2.05 bits per heavy atom. The normalized spacial score (nSPS) is 28.0. The molecule has 1 aromatic heterocycles. The molecule has 2 aliphatic carbocycles. The highest BCUT2D eigenvalue weighted by atomic mass is 16.5. The molecule has 22 heavy (non-hydrogen) atoms. The number of amides is 1. The summed E-state index contributed by atoms with van der Waals surface area (Å²) < 4.78 is 8.36. The molecule has 0 radical (unpaired) electrons. The average Bonchev–Trinajstić information content (AvgIpc) is 3.14. The zero-order valence-corrected chi connectivity index (χ0v) is 13.5. The summed E-state index contributed by atoms with van der Waals surface area (Å²) in [5.74, 6) is 0.193. The summed E-state index contributed by atoms with van der Waals surface area (Å²) in [6, 6.07) is 4.54. The summed E-state index contributed by atoms with van der Waals surface area (Å²) in [6.07, 6.45) is 10.7. The molecule has 1 spiro atoms. The number of hydrogen-bond donors (Lipinski definition) is 0. The van der Waals surface area contributed by atoms with E-state index in [0.29, 0.717) is 6.04 Å². The van der Waals surface area contributed by atoms with E-state index in [1.807, 2.05) is 17.0 Å². The molecular weight excluding hydrogens is 276 g/mol. The van der Waals surface area contributed by atoms with Crippen LogP contribution in [-0.4, -0.2) is 40.2 Å². The Morgan fingerprint density at radius 1 is 1.27 bits per heavy atom. The molecule has 1 atom stereocenters. The van der Waals surface area contributed by atoms with Gasteiger partial charge in [0.1, 0.15) is 5.69 Å². The van der Waals surface area contributed by atoms with Gasteiger partial charge in [-0.05, 0) is 51.2 Å². The van der Waals surface area contributed by atoms with Crippen molar-refractivity contribution in [1.82, 2.24) is 9.47 Å². The summed E-state index contributed by atoms with van der Waals surface area (Å²) >= 11 is 0. The van der Waals surface area contributed by atoms with Crippen LogP contribution in [0, 0.1) is 0 Å². The summed E-state index contributed by atoms with van der Waals surface area (Å²) in [6.45, 7) is 3.58. The molecule has 3 fully saturated rings. The van der Waals surface area contributed by atoms with E-state index in [0.717, 1.165) is 31.6 Å². The first-order valence-electron chi connectivity index (χ1n) is 8.81. The lowest BCUT2D eigenvalue weighted by Crippen LogP contribution is -2.59. The maximum Gasteiger partial charge on any atom is 0.270 e. The van der Waals surface area contributed by atoms with Gasteiger partial charge < -0.3 is 14.2 Å². The van der Waals surface area contributed by atoms with Crippen molar-refractivity contribution in [3.05, 3.63) is 24.0 Å². The van der Waals surface area contributed by atoms with Gasteiger partial charge >= 0.3 is 0 Å². The molecule has 120 valence electrons. The minimum absolute atomic E-state index is 0.0435. The van der Waals surface area contributed by atoms with Gasteiger partial charge in [-0.1, -0.05) is 12.8 Å². The van der Waals surface area contributed by atoms with Gasteiger partial charge in [0.25, 0.3) is 5.91 Å². The molecule has 0 aromatic carbocycles. The molecule has 4 heteroatoms. The largest absolute Gasteiger partial charge is 0.368 e. The zero-order chi connectivity index (χ0) is 15.2. The minimum Gasteiger partial charge on any atom is -0.368 e. The number of rotatable bonds is 2. The molecule has 1 amide bonds. The van der Waals surface area contributed by atoms with Crippen LogP contribution in [0.15, 0.2) is 18.3 Å². The molecule has 3 aliphatic rings. The summed E-state index contributed by atoms with van der Waals surface area (Å²) in [4.78, 5) is 15.1. The van der Waals surface area contributed by atoms with Crippen LogP contribution in [0.1, 0.15) is 68.4 Å². The van der Waals surface area contributed by atoms with Gasteiger partial charge in [-0.25, -0.2) is 0 Å². The lowest BCUT2D eigenvalue weighted by Gasteiger charge is -2.50. The standard InChI is InChI=1S/C18H26N2O2/c1-14-12-19(13-18(22-14)9-5-10-18)17(21)16-8-4-11-20(16)15-6-2-3-7-15/h4,8,11,14-15H,2-3,5-7,9-10,12-13H2,1H3/t14-/m0/s1. The van der Waals surface area contributed by atoms with Crippen molar-refractivity contribution >= 4 is 5.91 Å². The van der Waals surface area contributed by atoms with E-state index >= 15 is 0 Å². The van der Waals surface area contributed by atoms with E-state index in [9.17, 15) is 4.79 Å². The van der Waals surface area contributed by atoms with E-state index in [1.165, 1.54) is 32.1 Å². The second kappa shape index (κ2) is 5.41. The topological polar surface area (TPSA) is 34.5 Å². The Bertz CT molecular complexity index is 555. The zero-order valence-electron chi connectivity index (χ0n) is 13.5. The van der Waals surface area contributed by atoms with Crippen molar-refractivity contribution in [2.24, 2.45) is 0 Å². The molecule has 2 heterocycles. The number of morpholine rings is 1. The quantitative estimate of drug-likeness (QED) is 0.839. The first-order valence-corrected chi connectivity index (χ1v) is 8.81. The van der Waals surface area contributed by atoms with Gasteiger partial charge in [0.2, 0.25) is 0 Å². The van der Waals surface area contributed by atoms with Crippen LogP contribution >= 0.6 is 0 Å². The van der Waals surface area contributed by atoms with E-state index < -0.39 is 0 Å². The van der Waals surface area contributed by atoms with Gasteiger partial charge in [0.15, 0.2) is 0 Å².